The molecule has 0 radical (unpaired) electrons. The number of carboxylic acid groups (broad SMARTS) is 1. The molecule has 0 aliphatic heterocycles. The molecule has 1 atom stereocenters. The van der Waals surface area contributed by atoms with Gasteiger partial charge in [0.05, 0.1) is 6.54 Å². The standard InChI is InChI=1S/C38H35N3O4/c1-41(2)32-21-19-28(20-22-32)36(42)25-39-31-12-8-11-30(24-31)27-17-15-26(16-18-27)23-35(38(44)45)40-34-14-7-6-13-33(34)37(43)29-9-4-3-5-10-29/h3-22,24,35,39-40H,23,25H2,1-2H3,(H,44,45). The van der Waals surface area contributed by atoms with E-state index in [1.54, 1.807) is 48.5 Å². The van der Waals surface area contributed by atoms with E-state index in [1.807, 2.05) is 97.9 Å². The second-order valence-corrected chi connectivity index (χ2v) is 11.0. The Morgan fingerprint density at radius 2 is 1.40 bits per heavy atom. The van der Waals surface area contributed by atoms with E-state index < -0.39 is 12.0 Å². The first-order valence-corrected chi connectivity index (χ1v) is 14.7. The van der Waals surface area contributed by atoms with Gasteiger partial charge in [-0.05, 0) is 65.2 Å². The molecule has 7 nitrogen and oxygen atoms in total. The summed E-state index contributed by atoms with van der Waals surface area (Å²) < 4.78 is 0. The molecule has 3 N–H and O–H groups in total. The van der Waals surface area contributed by atoms with Gasteiger partial charge in [-0.15, -0.1) is 0 Å². The van der Waals surface area contributed by atoms with E-state index >= 15 is 0 Å². The number of nitrogens with zero attached hydrogens (tertiary/aromatic N) is 1. The molecule has 5 rings (SSSR count). The minimum Gasteiger partial charge on any atom is -0.480 e. The van der Waals surface area contributed by atoms with E-state index in [0.29, 0.717) is 22.4 Å². The van der Waals surface area contributed by atoms with Crippen LogP contribution >= 0.6 is 0 Å². The van der Waals surface area contributed by atoms with Crippen molar-refractivity contribution in [3.05, 3.63) is 150 Å². The number of ketones is 2. The van der Waals surface area contributed by atoms with Gasteiger partial charge in [-0.25, -0.2) is 4.79 Å². The van der Waals surface area contributed by atoms with E-state index in [9.17, 15) is 19.5 Å². The molecule has 45 heavy (non-hydrogen) atoms. The summed E-state index contributed by atoms with van der Waals surface area (Å²) in [5.41, 5.74) is 6.72. The normalized spacial score (nSPS) is 11.3. The Morgan fingerprint density at radius 1 is 0.711 bits per heavy atom. The Hall–Kier alpha value is -5.69. The minimum absolute atomic E-state index is 0.00344. The topological polar surface area (TPSA) is 98.7 Å². The third-order valence-electron chi connectivity index (χ3n) is 7.58. The van der Waals surface area contributed by atoms with Crippen LogP contribution in [0.3, 0.4) is 0 Å². The zero-order chi connectivity index (χ0) is 31.8. The second kappa shape index (κ2) is 14.2. The third kappa shape index (κ3) is 7.83. The molecule has 7 heteroatoms. The fraction of sp³-hybridized carbons (Fsp3) is 0.132. The van der Waals surface area contributed by atoms with Crippen LogP contribution in [-0.2, 0) is 11.2 Å². The Morgan fingerprint density at radius 3 is 2.09 bits per heavy atom. The summed E-state index contributed by atoms with van der Waals surface area (Å²) >= 11 is 0. The summed E-state index contributed by atoms with van der Waals surface area (Å²) in [5.74, 6) is -1.18. The van der Waals surface area contributed by atoms with Gasteiger partial charge < -0.3 is 20.6 Å². The number of para-hydroxylation sites is 1. The fourth-order valence-electron chi connectivity index (χ4n) is 5.05. The van der Waals surface area contributed by atoms with Crippen molar-refractivity contribution in [1.82, 2.24) is 0 Å². The number of aliphatic carboxylic acids is 1. The van der Waals surface area contributed by atoms with Gasteiger partial charge in [-0.2, -0.15) is 0 Å². The number of hydrogen-bond donors (Lipinski definition) is 3. The molecule has 0 saturated heterocycles. The summed E-state index contributed by atoms with van der Waals surface area (Å²) in [6.45, 7) is 0.174. The number of Topliss-reactive ketones (excluding diaryl/α,β-unsaturated/α-hetero) is 1. The third-order valence-corrected chi connectivity index (χ3v) is 7.58. The molecule has 0 aromatic heterocycles. The average Bonchev–Trinajstić information content (AvgIpc) is 3.07. The number of anilines is 3. The van der Waals surface area contributed by atoms with Gasteiger partial charge in [-0.1, -0.05) is 78.9 Å². The molecule has 0 aliphatic carbocycles. The van der Waals surface area contributed by atoms with Crippen molar-refractivity contribution in [3.8, 4) is 11.1 Å². The Bertz CT molecular complexity index is 1780. The maximum atomic E-state index is 13.1. The Kier molecular flexibility index (Phi) is 9.70. The summed E-state index contributed by atoms with van der Waals surface area (Å²) in [6.07, 6.45) is 0.225. The number of benzene rings is 5. The molecule has 0 amide bonds. The quantitative estimate of drug-likeness (QED) is 0.125. The van der Waals surface area contributed by atoms with Crippen LogP contribution in [-0.4, -0.2) is 49.3 Å². The first-order chi connectivity index (χ1) is 21.8. The van der Waals surface area contributed by atoms with Crippen LogP contribution in [0.25, 0.3) is 11.1 Å². The number of nitrogens with one attached hydrogen (secondary N) is 2. The zero-order valence-corrected chi connectivity index (χ0v) is 25.2. The summed E-state index contributed by atoms with van der Waals surface area (Å²) in [4.78, 5) is 40.1. The van der Waals surface area contributed by atoms with Gasteiger partial charge in [0, 0.05) is 54.3 Å². The van der Waals surface area contributed by atoms with E-state index in [2.05, 4.69) is 10.6 Å². The summed E-state index contributed by atoms with van der Waals surface area (Å²) in [7, 11) is 3.92. The van der Waals surface area contributed by atoms with Gasteiger partial charge in [0.15, 0.2) is 11.6 Å². The maximum absolute atomic E-state index is 13.1. The van der Waals surface area contributed by atoms with Crippen molar-refractivity contribution in [3.63, 3.8) is 0 Å². The average molecular weight is 598 g/mol. The maximum Gasteiger partial charge on any atom is 0.326 e. The van der Waals surface area contributed by atoms with Gasteiger partial charge in [-0.3, -0.25) is 9.59 Å². The highest BCUT2D eigenvalue weighted by Crippen LogP contribution is 2.25. The molecule has 1 unspecified atom stereocenters. The molecule has 226 valence electrons. The van der Waals surface area contributed by atoms with Crippen LogP contribution in [0, 0.1) is 0 Å². The van der Waals surface area contributed by atoms with Crippen molar-refractivity contribution in [2.45, 2.75) is 12.5 Å². The van der Waals surface area contributed by atoms with Crippen molar-refractivity contribution in [2.75, 3.05) is 36.2 Å². The molecule has 0 bridgehead atoms. The first-order valence-electron chi connectivity index (χ1n) is 14.7. The van der Waals surface area contributed by atoms with Crippen LogP contribution in [0.5, 0.6) is 0 Å². The second-order valence-electron chi connectivity index (χ2n) is 11.0. The summed E-state index contributed by atoms with van der Waals surface area (Å²) in [5, 5.41) is 16.3. The highest BCUT2D eigenvalue weighted by Gasteiger charge is 2.21. The van der Waals surface area contributed by atoms with Crippen molar-refractivity contribution in [1.29, 1.82) is 0 Å². The summed E-state index contributed by atoms with van der Waals surface area (Å²) in [6, 6.07) is 38.1. The molecule has 5 aromatic carbocycles. The molecular weight excluding hydrogens is 562 g/mol. The highest BCUT2D eigenvalue weighted by atomic mass is 16.4. The van der Waals surface area contributed by atoms with Crippen LogP contribution in [0.4, 0.5) is 17.1 Å². The lowest BCUT2D eigenvalue weighted by molar-refractivity contribution is -0.137. The lowest BCUT2D eigenvalue weighted by Crippen LogP contribution is -2.32. The number of carboxylic acids is 1. The predicted molar refractivity (Wildman–Crippen MR) is 181 cm³/mol. The SMILES string of the molecule is CN(C)c1ccc(C(=O)CNc2cccc(-c3ccc(CC(Nc4ccccc4C(=O)c4ccccc4)C(=O)O)cc3)c2)cc1. The van der Waals surface area contributed by atoms with E-state index in [4.69, 9.17) is 0 Å². The van der Waals surface area contributed by atoms with Crippen molar-refractivity contribution < 1.29 is 19.5 Å². The monoisotopic (exact) mass is 597 g/mol. The van der Waals surface area contributed by atoms with Crippen LogP contribution in [0.15, 0.2) is 127 Å². The molecule has 0 aliphatic rings. The Labute approximate surface area is 263 Å². The Balaban J connectivity index is 1.24. The van der Waals surface area contributed by atoms with E-state index in [0.717, 1.165) is 28.1 Å². The minimum atomic E-state index is -1.01. The van der Waals surface area contributed by atoms with E-state index in [1.165, 1.54) is 0 Å². The fourth-order valence-corrected chi connectivity index (χ4v) is 5.05. The van der Waals surface area contributed by atoms with Gasteiger partial charge in [0.2, 0.25) is 0 Å². The van der Waals surface area contributed by atoms with Gasteiger partial charge in [0.25, 0.3) is 0 Å². The van der Waals surface area contributed by atoms with Gasteiger partial charge >= 0.3 is 5.97 Å². The lowest BCUT2D eigenvalue weighted by atomic mass is 9.98. The smallest absolute Gasteiger partial charge is 0.326 e. The predicted octanol–water partition coefficient (Wildman–Crippen LogP) is 7.05. The molecule has 0 saturated carbocycles. The molecule has 0 heterocycles. The number of carbonyl (C=O) groups is 3. The van der Waals surface area contributed by atoms with Gasteiger partial charge in [0.1, 0.15) is 6.04 Å². The number of carbonyl (C=O) groups excluding carboxylic acids is 2. The van der Waals surface area contributed by atoms with Crippen molar-refractivity contribution in [2.24, 2.45) is 0 Å². The van der Waals surface area contributed by atoms with Crippen molar-refractivity contribution >= 4 is 34.6 Å². The number of hydrogen-bond acceptors (Lipinski definition) is 6. The lowest BCUT2D eigenvalue weighted by Gasteiger charge is -2.18. The zero-order valence-electron chi connectivity index (χ0n) is 25.2. The van der Waals surface area contributed by atoms with Crippen LogP contribution in [0.1, 0.15) is 31.8 Å². The molecule has 0 fully saturated rings. The molecular formula is C38H35N3O4. The van der Waals surface area contributed by atoms with E-state index in [-0.39, 0.29) is 24.5 Å². The largest absolute Gasteiger partial charge is 0.480 e. The van der Waals surface area contributed by atoms with Crippen LogP contribution < -0.4 is 15.5 Å². The highest BCUT2D eigenvalue weighted by molar-refractivity contribution is 6.12. The number of rotatable bonds is 13. The first kappa shape index (κ1) is 30.8. The molecule has 0 spiro atoms. The molecule has 5 aromatic rings. The van der Waals surface area contributed by atoms with Crippen LogP contribution in [0.2, 0.25) is 0 Å².